The average molecular weight is 212 g/mol. The van der Waals surface area contributed by atoms with Crippen LogP contribution in [-0.4, -0.2) is 46.8 Å². The van der Waals surface area contributed by atoms with Gasteiger partial charge in [-0.25, -0.2) is 0 Å². The fraction of sp³-hybridized carbons (Fsp3) is 1.00. The molecule has 2 aliphatic heterocycles. The van der Waals surface area contributed by atoms with Gasteiger partial charge in [-0.05, 0) is 40.2 Å². The van der Waals surface area contributed by atoms with Gasteiger partial charge >= 0.3 is 0 Å². The second-order valence-electron chi connectivity index (χ2n) is 6.13. The number of nitrogens with zero attached hydrogens (tertiary/aromatic N) is 1. The van der Waals surface area contributed by atoms with Crippen molar-refractivity contribution in [2.75, 3.05) is 19.6 Å². The highest BCUT2D eigenvalue weighted by Crippen LogP contribution is 2.33. The van der Waals surface area contributed by atoms with Gasteiger partial charge in [0.1, 0.15) is 5.60 Å². The molecular weight excluding hydrogens is 188 g/mol. The lowest BCUT2D eigenvalue weighted by Crippen LogP contribution is -2.74. The Morgan fingerprint density at radius 1 is 1.27 bits per heavy atom. The normalized spacial score (nSPS) is 32.4. The predicted molar refractivity (Wildman–Crippen MR) is 61.9 cm³/mol. The zero-order valence-corrected chi connectivity index (χ0v) is 10.2. The van der Waals surface area contributed by atoms with Crippen LogP contribution >= 0.6 is 0 Å². The predicted octanol–water partition coefficient (Wildman–Crippen LogP) is 0.974. The summed E-state index contributed by atoms with van der Waals surface area (Å²) in [4.78, 5) is 2.35. The van der Waals surface area contributed by atoms with Crippen molar-refractivity contribution < 1.29 is 5.11 Å². The molecule has 3 nitrogen and oxygen atoms in total. The Labute approximate surface area is 92.8 Å². The first kappa shape index (κ1) is 11.4. The van der Waals surface area contributed by atoms with Crippen molar-refractivity contribution in [3.8, 4) is 0 Å². The first-order chi connectivity index (χ1) is 6.92. The van der Waals surface area contributed by atoms with Crippen molar-refractivity contribution in [3.63, 3.8) is 0 Å². The smallest absolute Gasteiger partial charge is 0.105 e. The Kier molecular flexibility index (Phi) is 2.82. The Bertz CT molecular complexity index is 222. The lowest BCUT2D eigenvalue weighted by atomic mass is 9.79. The van der Waals surface area contributed by atoms with Crippen LogP contribution in [0.25, 0.3) is 0 Å². The summed E-state index contributed by atoms with van der Waals surface area (Å²) in [5.41, 5.74) is -0.269. The van der Waals surface area contributed by atoms with Gasteiger partial charge in [-0.3, -0.25) is 4.90 Å². The Hall–Kier alpha value is -0.120. The van der Waals surface area contributed by atoms with Crippen LogP contribution in [0, 0.1) is 0 Å². The van der Waals surface area contributed by atoms with Crippen LogP contribution in [0.4, 0.5) is 0 Å². The molecule has 0 aromatic carbocycles. The maximum Gasteiger partial charge on any atom is 0.105 e. The number of likely N-dealkylation sites (tertiary alicyclic amines) is 1. The largest absolute Gasteiger partial charge is 0.386 e. The van der Waals surface area contributed by atoms with Crippen molar-refractivity contribution in [2.24, 2.45) is 0 Å². The number of nitrogens with one attached hydrogen (secondary N) is 1. The standard InChI is InChI=1S/C12H24N2O/c1-11(2,3)14-8-12(15,9-14)10-6-4-5-7-13-10/h10,13,15H,4-9H2,1-3H3/t10-/m0/s1. The number of hydrogen-bond acceptors (Lipinski definition) is 3. The first-order valence-electron chi connectivity index (χ1n) is 6.13. The molecule has 0 unspecified atom stereocenters. The maximum atomic E-state index is 10.5. The van der Waals surface area contributed by atoms with Crippen LogP contribution in [-0.2, 0) is 0 Å². The molecule has 0 aliphatic carbocycles. The monoisotopic (exact) mass is 212 g/mol. The number of hydrogen-bond donors (Lipinski definition) is 2. The molecule has 2 aliphatic rings. The summed E-state index contributed by atoms with van der Waals surface area (Å²) in [6.45, 7) is 9.35. The van der Waals surface area contributed by atoms with E-state index in [0.29, 0.717) is 6.04 Å². The van der Waals surface area contributed by atoms with Crippen molar-refractivity contribution >= 4 is 0 Å². The second kappa shape index (κ2) is 3.72. The second-order valence-corrected chi connectivity index (χ2v) is 6.13. The molecule has 0 aromatic heterocycles. The molecule has 0 saturated carbocycles. The Balaban J connectivity index is 1.89. The lowest BCUT2D eigenvalue weighted by Gasteiger charge is -2.56. The van der Waals surface area contributed by atoms with Gasteiger partial charge in [0.2, 0.25) is 0 Å². The van der Waals surface area contributed by atoms with Gasteiger partial charge in [0, 0.05) is 24.7 Å². The van der Waals surface area contributed by atoms with E-state index in [9.17, 15) is 5.11 Å². The Morgan fingerprint density at radius 2 is 1.93 bits per heavy atom. The molecule has 0 radical (unpaired) electrons. The van der Waals surface area contributed by atoms with E-state index in [1.165, 1.54) is 12.8 Å². The number of piperidine rings is 1. The minimum absolute atomic E-state index is 0.195. The van der Waals surface area contributed by atoms with Gasteiger partial charge in [0.15, 0.2) is 0 Å². The third-order valence-corrected chi connectivity index (χ3v) is 3.84. The molecule has 2 fully saturated rings. The summed E-state index contributed by atoms with van der Waals surface area (Å²) in [5.74, 6) is 0. The number of rotatable bonds is 1. The van der Waals surface area contributed by atoms with Gasteiger partial charge in [-0.2, -0.15) is 0 Å². The molecule has 0 aromatic rings. The maximum absolute atomic E-state index is 10.5. The van der Waals surface area contributed by atoms with Crippen molar-refractivity contribution in [1.82, 2.24) is 10.2 Å². The zero-order chi connectivity index (χ0) is 11.1. The molecule has 2 N–H and O–H groups in total. The van der Waals surface area contributed by atoms with E-state index in [-0.39, 0.29) is 5.54 Å². The van der Waals surface area contributed by atoms with E-state index in [2.05, 4.69) is 31.0 Å². The summed E-state index contributed by atoms with van der Waals surface area (Å²) in [6, 6.07) is 0.324. The molecule has 88 valence electrons. The molecule has 2 rings (SSSR count). The van der Waals surface area contributed by atoms with Crippen molar-refractivity contribution in [2.45, 2.75) is 57.2 Å². The molecule has 3 heteroatoms. The summed E-state index contributed by atoms with van der Waals surface area (Å²) in [7, 11) is 0. The van der Waals surface area contributed by atoms with Crippen LogP contribution in [0.1, 0.15) is 40.0 Å². The lowest BCUT2D eigenvalue weighted by molar-refractivity contribution is -0.153. The van der Waals surface area contributed by atoms with E-state index in [1.807, 2.05) is 0 Å². The molecule has 0 amide bonds. The quantitative estimate of drug-likeness (QED) is 0.680. The molecule has 2 saturated heterocycles. The SMILES string of the molecule is CC(C)(C)N1CC(O)([C@@H]2CCCCN2)C1. The molecule has 2 heterocycles. The summed E-state index contributed by atoms with van der Waals surface area (Å²) in [5, 5.41) is 13.9. The van der Waals surface area contributed by atoms with Gasteiger partial charge in [-0.15, -0.1) is 0 Å². The third kappa shape index (κ3) is 2.19. The van der Waals surface area contributed by atoms with Crippen LogP contribution in [0.5, 0.6) is 0 Å². The highest BCUT2D eigenvalue weighted by Gasteiger charge is 2.50. The van der Waals surface area contributed by atoms with Gasteiger partial charge in [0.25, 0.3) is 0 Å². The van der Waals surface area contributed by atoms with Crippen LogP contribution in [0.3, 0.4) is 0 Å². The van der Waals surface area contributed by atoms with E-state index >= 15 is 0 Å². The van der Waals surface area contributed by atoms with Crippen LogP contribution in [0.2, 0.25) is 0 Å². The van der Waals surface area contributed by atoms with Gasteiger partial charge in [0.05, 0.1) is 0 Å². The fourth-order valence-electron chi connectivity index (χ4n) is 2.62. The van der Waals surface area contributed by atoms with Gasteiger partial charge in [-0.1, -0.05) is 6.42 Å². The van der Waals surface area contributed by atoms with E-state index in [0.717, 1.165) is 26.1 Å². The van der Waals surface area contributed by atoms with Crippen molar-refractivity contribution in [1.29, 1.82) is 0 Å². The summed E-state index contributed by atoms with van der Waals surface area (Å²) >= 11 is 0. The number of β-amino-alcohol motifs (C(OH)–C–C–N with tert-alkyl or cyclic N) is 1. The third-order valence-electron chi connectivity index (χ3n) is 3.84. The van der Waals surface area contributed by atoms with Crippen LogP contribution < -0.4 is 5.32 Å². The van der Waals surface area contributed by atoms with E-state index in [1.54, 1.807) is 0 Å². The van der Waals surface area contributed by atoms with E-state index < -0.39 is 5.60 Å². The van der Waals surface area contributed by atoms with Crippen LogP contribution in [0.15, 0.2) is 0 Å². The Morgan fingerprint density at radius 3 is 2.40 bits per heavy atom. The fourth-order valence-corrected chi connectivity index (χ4v) is 2.62. The number of aliphatic hydroxyl groups is 1. The minimum Gasteiger partial charge on any atom is -0.386 e. The molecule has 0 spiro atoms. The molecular formula is C12H24N2O. The summed E-state index contributed by atoms with van der Waals surface area (Å²) < 4.78 is 0. The highest BCUT2D eigenvalue weighted by molar-refractivity contribution is 5.07. The minimum atomic E-state index is -0.465. The summed E-state index contributed by atoms with van der Waals surface area (Å²) in [6.07, 6.45) is 3.65. The molecule has 0 bridgehead atoms. The molecule has 1 atom stereocenters. The van der Waals surface area contributed by atoms with Gasteiger partial charge < -0.3 is 10.4 Å². The van der Waals surface area contributed by atoms with Crippen molar-refractivity contribution in [3.05, 3.63) is 0 Å². The zero-order valence-electron chi connectivity index (χ0n) is 10.2. The first-order valence-corrected chi connectivity index (χ1v) is 6.13. The molecule has 15 heavy (non-hydrogen) atoms. The highest BCUT2D eigenvalue weighted by atomic mass is 16.3. The topological polar surface area (TPSA) is 35.5 Å². The average Bonchev–Trinajstić information content (AvgIpc) is 2.13. The van der Waals surface area contributed by atoms with E-state index in [4.69, 9.17) is 0 Å².